The topological polar surface area (TPSA) is 59.4 Å². The normalized spacial score (nSPS) is 16.7. The Kier molecular flexibility index (Phi) is 5.68. The van der Waals surface area contributed by atoms with Crippen molar-refractivity contribution in [2.24, 2.45) is 5.92 Å². The molecule has 0 saturated carbocycles. The predicted octanol–water partition coefficient (Wildman–Crippen LogP) is 3.87. The maximum Gasteiger partial charge on any atom is 0.573 e. The van der Waals surface area contributed by atoms with Gasteiger partial charge < -0.3 is 15.0 Å². The molecule has 1 atom stereocenters. The summed E-state index contributed by atoms with van der Waals surface area (Å²) in [6.07, 6.45) is -8.45. The number of carbonyl (C=O) groups excluding carboxylic acids is 1. The van der Waals surface area contributed by atoms with E-state index in [0.29, 0.717) is 5.69 Å². The second-order valence-electron chi connectivity index (χ2n) is 6.54. The third-order valence-corrected chi connectivity index (χ3v) is 4.33. The summed E-state index contributed by atoms with van der Waals surface area (Å²) in [6.45, 7) is 3.81. The largest absolute Gasteiger partial charge is 0.573 e. The van der Waals surface area contributed by atoms with E-state index in [1.54, 1.807) is 0 Å². The summed E-state index contributed by atoms with van der Waals surface area (Å²) in [6, 6.07) is 5.61. The molecule has 6 nitrogen and oxygen atoms in total. The van der Waals surface area contributed by atoms with Crippen molar-refractivity contribution in [3.63, 3.8) is 0 Å². The van der Waals surface area contributed by atoms with Crippen LogP contribution in [-0.4, -0.2) is 35.1 Å². The van der Waals surface area contributed by atoms with Gasteiger partial charge in [-0.3, -0.25) is 4.79 Å². The van der Waals surface area contributed by atoms with E-state index in [9.17, 15) is 31.1 Å². The quantitative estimate of drug-likeness (QED) is 0.574. The standard InChI is InChI=1S/C18H16F6N4O2/c1-2-15(29)25-8-11-9-27(12-3-5-13(6-4-12)30-18(22,23)24)16-7-14(17(19,20)21)26-28(16)10-11/h2-7,11H,1,8-10H2,(H,25,29)/t11-/m0/s1. The van der Waals surface area contributed by atoms with Crippen LogP contribution in [0.1, 0.15) is 5.69 Å². The number of anilines is 2. The Morgan fingerprint density at radius 2 is 1.87 bits per heavy atom. The van der Waals surface area contributed by atoms with Gasteiger partial charge in [-0.2, -0.15) is 18.3 Å². The first-order valence-corrected chi connectivity index (χ1v) is 8.65. The second kappa shape index (κ2) is 7.92. The highest BCUT2D eigenvalue weighted by atomic mass is 19.4. The molecule has 2 aromatic rings. The lowest BCUT2D eigenvalue weighted by Gasteiger charge is -2.34. The van der Waals surface area contributed by atoms with Crippen LogP contribution in [0.25, 0.3) is 0 Å². The van der Waals surface area contributed by atoms with E-state index in [0.717, 1.165) is 29.0 Å². The van der Waals surface area contributed by atoms with Crippen LogP contribution in [0.4, 0.5) is 37.8 Å². The number of halogens is 6. The van der Waals surface area contributed by atoms with Gasteiger partial charge in [0.05, 0.1) is 0 Å². The van der Waals surface area contributed by atoms with Crippen molar-refractivity contribution in [2.45, 2.75) is 19.1 Å². The molecule has 1 aromatic heterocycles. The summed E-state index contributed by atoms with van der Waals surface area (Å²) in [5, 5.41) is 6.19. The van der Waals surface area contributed by atoms with Gasteiger partial charge in [0.2, 0.25) is 5.91 Å². The van der Waals surface area contributed by atoms with Crippen molar-refractivity contribution >= 4 is 17.4 Å². The van der Waals surface area contributed by atoms with E-state index in [1.165, 1.54) is 17.0 Å². The molecule has 0 saturated heterocycles. The van der Waals surface area contributed by atoms with E-state index in [1.807, 2.05) is 0 Å². The lowest BCUT2D eigenvalue weighted by molar-refractivity contribution is -0.274. The minimum absolute atomic E-state index is 0.120. The highest BCUT2D eigenvalue weighted by Crippen LogP contribution is 2.37. The SMILES string of the molecule is C=CC(=O)NC[C@H]1CN(c2ccc(OC(F)(F)F)cc2)c2cc(C(F)(F)F)nn2C1. The Labute approximate surface area is 166 Å². The van der Waals surface area contributed by atoms with Crippen molar-refractivity contribution in [1.82, 2.24) is 15.1 Å². The van der Waals surface area contributed by atoms with Crippen LogP contribution in [0.2, 0.25) is 0 Å². The van der Waals surface area contributed by atoms with Crippen LogP contribution in [0.15, 0.2) is 43.0 Å². The molecule has 0 radical (unpaired) electrons. The molecule has 2 heterocycles. The van der Waals surface area contributed by atoms with Gasteiger partial charge in [-0.1, -0.05) is 6.58 Å². The summed E-state index contributed by atoms with van der Waals surface area (Å²) in [5.41, 5.74) is -0.741. The molecule has 162 valence electrons. The zero-order valence-corrected chi connectivity index (χ0v) is 15.3. The first-order valence-electron chi connectivity index (χ1n) is 8.65. The predicted molar refractivity (Wildman–Crippen MR) is 94.1 cm³/mol. The highest BCUT2D eigenvalue weighted by molar-refractivity contribution is 5.86. The molecule has 1 amide bonds. The average molecular weight is 434 g/mol. The Morgan fingerprint density at radius 3 is 2.43 bits per heavy atom. The van der Waals surface area contributed by atoms with E-state index < -0.39 is 29.9 Å². The first kappa shape index (κ1) is 21.5. The smallest absolute Gasteiger partial charge is 0.406 e. The van der Waals surface area contributed by atoms with E-state index >= 15 is 0 Å². The third kappa shape index (κ3) is 5.05. The molecule has 1 N–H and O–H groups in total. The van der Waals surface area contributed by atoms with Gasteiger partial charge in [0.15, 0.2) is 5.69 Å². The number of carbonyl (C=O) groups is 1. The van der Waals surface area contributed by atoms with Crippen molar-refractivity contribution in [3.8, 4) is 5.75 Å². The number of aromatic nitrogens is 2. The zero-order valence-electron chi connectivity index (χ0n) is 15.3. The van der Waals surface area contributed by atoms with Gasteiger partial charge in [0, 0.05) is 37.3 Å². The molecule has 0 bridgehead atoms. The molecule has 0 fully saturated rings. The van der Waals surface area contributed by atoms with Crippen molar-refractivity contribution in [2.75, 3.05) is 18.0 Å². The molecule has 0 unspecified atom stereocenters. The highest BCUT2D eigenvalue weighted by Gasteiger charge is 2.38. The van der Waals surface area contributed by atoms with Crippen LogP contribution in [0, 0.1) is 5.92 Å². The van der Waals surface area contributed by atoms with Gasteiger partial charge in [-0.15, -0.1) is 13.2 Å². The van der Waals surface area contributed by atoms with Gasteiger partial charge >= 0.3 is 12.5 Å². The number of nitrogens with one attached hydrogen (secondary N) is 1. The first-order chi connectivity index (χ1) is 14.0. The Morgan fingerprint density at radius 1 is 1.20 bits per heavy atom. The number of hydrogen-bond acceptors (Lipinski definition) is 4. The van der Waals surface area contributed by atoms with Crippen LogP contribution in [0.3, 0.4) is 0 Å². The molecular formula is C18H16F6N4O2. The van der Waals surface area contributed by atoms with Gasteiger partial charge in [-0.05, 0) is 30.3 Å². The number of benzene rings is 1. The van der Waals surface area contributed by atoms with Gasteiger partial charge in [0.25, 0.3) is 0 Å². The van der Waals surface area contributed by atoms with Crippen LogP contribution >= 0.6 is 0 Å². The fourth-order valence-corrected chi connectivity index (χ4v) is 3.06. The molecule has 0 aliphatic carbocycles. The number of rotatable bonds is 5. The summed E-state index contributed by atoms with van der Waals surface area (Å²) in [7, 11) is 0. The van der Waals surface area contributed by atoms with Crippen LogP contribution in [0.5, 0.6) is 5.75 Å². The fourth-order valence-electron chi connectivity index (χ4n) is 3.06. The zero-order chi connectivity index (χ0) is 22.1. The maximum atomic E-state index is 13.1. The Bertz CT molecular complexity index is 920. The number of fused-ring (bicyclic) bond motifs is 1. The number of ether oxygens (including phenoxy) is 1. The Balaban J connectivity index is 1.90. The average Bonchev–Trinajstić information content (AvgIpc) is 3.09. The molecule has 1 aliphatic heterocycles. The van der Waals surface area contributed by atoms with E-state index in [2.05, 4.69) is 21.7 Å². The summed E-state index contributed by atoms with van der Waals surface area (Å²) >= 11 is 0. The number of hydrogen-bond donors (Lipinski definition) is 1. The van der Waals surface area contributed by atoms with Crippen molar-refractivity contribution in [1.29, 1.82) is 0 Å². The second-order valence-corrected chi connectivity index (χ2v) is 6.54. The summed E-state index contributed by atoms with van der Waals surface area (Å²) in [5.74, 6) is -1.06. The fraction of sp³-hybridized carbons (Fsp3) is 0.333. The maximum absolute atomic E-state index is 13.1. The molecule has 0 spiro atoms. The molecule has 1 aromatic carbocycles. The molecule has 30 heavy (non-hydrogen) atoms. The van der Waals surface area contributed by atoms with Crippen LogP contribution < -0.4 is 15.0 Å². The van der Waals surface area contributed by atoms with E-state index in [4.69, 9.17) is 0 Å². The molecule has 12 heteroatoms. The number of nitrogens with zero attached hydrogens (tertiary/aromatic N) is 3. The van der Waals surface area contributed by atoms with Crippen molar-refractivity contribution < 1.29 is 35.9 Å². The van der Waals surface area contributed by atoms with Gasteiger partial charge in [0.1, 0.15) is 11.6 Å². The number of alkyl halides is 6. The van der Waals surface area contributed by atoms with Crippen LogP contribution in [-0.2, 0) is 17.5 Å². The minimum Gasteiger partial charge on any atom is -0.406 e. The monoisotopic (exact) mass is 434 g/mol. The Hall–Kier alpha value is -3.18. The van der Waals surface area contributed by atoms with E-state index in [-0.39, 0.29) is 31.4 Å². The third-order valence-electron chi connectivity index (χ3n) is 4.33. The lowest BCUT2D eigenvalue weighted by Crippen LogP contribution is -2.41. The number of amides is 1. The van der Waals surface area contributed by atoms with Gasteiger partial charge in [-0.25, -0.2) is 4.68 Å². The molecule has 1 aliphatic rings. The minimum atomic E-state index is -4.86. The lowest BCUT2D eigenvalue weighted by atomic mass is 10.1. The molecule has 3 rings (SSSR count). The summed E-state index contributed by atoms with van der Waals surface area (Å²) < 4.78 is 81.4. The summed E-state index contributed by atoms with van der Waals surface area (Å²) in [4.78, 5) is 12.9. The van der Waals surface area contributed by atoms with Crippen molar-refractivity contribution in [3.05, 3.63) is 48.7 Å². The molecular weight excluding hydrogens is 418 g/mol.